The molecule has 2 rings (SSSR count). The average molecular weight is 293 g/mol. The highest BCUT2D eigenvalue weighted by Crippen LogP contribution is 2.33. The van der Waals surface area contributed by atoms with Gasteiger partial charge in [0, 0.05) is 31.7 Å². The van der Waals surface area contributed by atoms with E-state index in [-0.39, 0.29) is 30.8 Å². The first-order valence-electron chi connectivity index (χ1n) is 5.77. The Morgan fingerprint density at radius 3 is 2.61 bits per heavy atom. The molecule has 0 amide bonds. The van der Waals surface area contributed by atoms with Gasteiger partial charge in [-0.1, -0.05) is 23.7 Å². The molecule has 3 N–H and O–H groups in total. The van der Waals surface area contributed by atoms with Crippen LogP contribution in [0.25, 0.3) is 0 Å². The van der Waals surface area contributed by atoms with Crippen LogP contribution in [0.4, 0.5) is 0 Å². The van der Waals surface area contributed by atoms with E-state index in [2.05, 4.69) is 10.2 Å². The predicted octanol–water partition coefficient (Wildman–Crippen LogP) is 1.41. The minimum absolute atomic E-state index is 0. The fourth-order valence-electron chi connectivity index (χ4n) is 2.21. The molecule has 4 nitrogen and oxygen atoms in total. The summed E-state index contributed by atoms with van der Waals surface area (Å²) in [6.07, 6.45) is 0. The number of aromatic hydroxyl groups is 1. The van der Waals surface area contributed by atoms with E-state index in [1.165, 1.54) is 0 Å². The molecule has 102 valence electrons. The molecule has 18 heavy (non-hydrogen) atoms. The van der Waals surface area contributed by atoms with Crippen molar-refractivity contribution in [2.45, 2.75) is 6.04 Å². The van der Waals surface area contributed by atoms with Gasteiger partial charge in [-0.25, -0.2) is 0 Å². The SMILES string of the molecule is Cl.OC[C@H](c1cccc(Cl)c1O)N1CCNCC1. The van der Waals surface area contributed by atoms with Crippen LogP contribution in [-0.2, 0) is 0 Å². The number of aliphatic hydroxyl groups is 1. The summed E-state index contributed by atoms with van der Waals surface area (Å²) >= 11 is 5.89. The first-order chi connectivity index (χ1) is 8.24. The van der Waals surface area contributed by atoms with Crippen molar-refractivity contribution < 1.29 is 10.2 Å². The van der Waals surface area contributed by atoms with Gasteiger partial charge in [0.2, 0.25) is 0 Å². The van der Waals surface area contributed by atoms with Gasteiger partial charge in [0.05, 0.1) is 17.7 Å². The molecule has 0 spiro atoms. The molecule has 0 aliphatic carbocycles. The zero-order chi connectivity index (χ0) is 12.3. The molecular formula is C12H18Cl2N2O2. The third-order valence-electron chi connectivity index (χ3n) is 3.14. The van der Waals surface area contributed by atoms with Gasteiger partial charge >= 0.3 is 0 Å². The van der Waals surface area contributed by atoms with E-state index in [4.69, 9.17) is 11.6 Å². The number of nitrogens with one attached hydrogen (secondary N) is 1. The topological polar surface area (TPSA) is 55.7 Å². The Hall–Kier alpha value is -0.520. The molecule has 1 fully saturated rings. The Labute approximate surface area is 118 Å². The Balaban J connectivity index is 0.00000162. The molecule has 1 saturated heterocycles. The van der Waals surface area contributed by atoms with Crippen molar-refractivity contribution in [3.8, 4) is 5.75 Å². The summed E-state index contributed by atoms with van der Waals surface area (Å²) in [5, 5.41) is 23.1. The molecule has 1 aromatic rings. The smallest absolute Gasteiger partial charge is 0.139 e. The summed E-state index contributed by atoms with van der Waals surface area (Å²) in [4.78, 5) is 2.15. The summed E-state index contributed by atoms with van der Waals surface area (Å²) in [6.45, 7) is 3.50. The lowest BCUT2D eigenvalue weighted by Crippen LogP contribution is -2.46. The minimum atomic E-state index is -0.184. The fraction of sp³-hybridized carbons (Fsp3) is 0.500. The van der Waals surface area contributed by atoms with Crippen molar-refractivity contribution in [2.75, 3.05) is 32.8 Å². The number of phenols is 1. The van der Waals surface area contributed by atoms with Crippen molar-refractivity contribution in [2.24, 2.45) is 0 Å². The van der Waals surface area contributed by atoms with Gasteiger partial charge in [0.15, 0.2) is 0 Å². The summed E-state index contributed by atoms with van der Waals surface area (Å²) in [5.74, 6) is 0.0757. The van der Waals surface area contributed by atoms with Crippen LogP contribution in [0, 0.1) is 0 Å². The monoisotopic (exact) mass is 292 g/mol. The zero-order valence-corrected chi connectivity index (χ0v) is 11.5. The quantitative estimate of drug-likeness (QED) is 0.788. The molecular weight excluding hydrogens is 275 g/mol. The second-order valence-electron chi connectivity index (χ2n) is 4.16. The molecule has 1 aliphatic heterocycles. The van der Waals surface area contributed by atoms with Crippen molar-refractivity contribution in [3.05, 3.63) is 28.8 Å². The zero-order valence-electron chi connectivity index (χ0n) is 9.97. The first kappa shape index (κ1) is 15.5. The number of hydrogen-bond acceptors (Lipinski definition) is 4. The first-order valence-corrected chi connectivity index (χ1v) is 6.15. The lowest BCUT2D eigenvalue weighted by atomic mass is 10.0. The Morgan fingerprint density at radius 1 is 1.33 bits per heavy atom. The molecule has 0 unspecified atom stereocenters. The number of halogens is 2. The Bertz CT molecular complexity index is 384. The van der Waals surface area contributed by atoms with Crippen LogP contribution in [-0.4, -0.2) is 47.9 Å². The maximum absolute atomic E-state index is 9.94. The average Bonchev–Trinajstić information content (AvgIpc) is 2.37. The summed E-state index contributed by atoms with van der Waals surface area (Å²) < 4.78 is 0. The van der Waals surface area contributed by atoms with E-state index >= 15 is 0 Å². The highest BCUT2D eigenvalue weighted by Gasteiger charge is 2.24. The molecule has 1 aliphatic rings. The number of hydrogen-bond donors (Lipinski definition) is 3. The summed E-state index contributed by atoms with van der Waals surface area (Å²) in [5.41, 5.74) is 0.696. The van der Waals surface area contributed by atoms with Crippen LogP contribution in [0.15, 0.2) is 18.2 Å². The van der Waals surface area contributed by atoms with Crippen molar-refractivity contribution in [1.29, 1.82) is 0 Å². The maximum Gasteiger partial charge on any atom is 0.139 e. The molecule has 6 heteroatoms. The van der Waals surface area contributed by atoms with Crippen LogP contribution >= 0.6 is 24.0 Å². The molecule has 1 atom stereocenters. The van der Waals surface area contributed by atoms with Crippen LogP contribution in [0.2, 0.25) is 5.02 Å². The van der Waals surface area contributed by atoms with E-state index in [0.717, 1.165) is 26.2 Å². The van der Waals surface area contributed by atoms with E-state index in [1.807, 2.05) is 6.07 Å². The van der Waals surface area contributed by atoms with Crippen molar-refractivity contribution in [3.63, 3.8) is 0 Å². The molecule has 1 heterocycles. The van der Waals surface area contributed by atoms with Crippen LogP contribution in [0.3, 0.4) is 0 Å². The number of rotatable bonds is 3. The number of piperazine rings is 1. The Morgan fingerprint density at radius 2 is 2.00 bits per heavy atom. The van der Waals surface area contributed by atoms with Gasteiger partial charge in [0.1, 0.15) is 5.75 Å². The van der Waals surface area contributed by atoms with E-state index in [1.54, 1.807) is 12.1 Å². The van der Waals surface area contributed by atoms with Gasteiger partial charge in [-0.3, -0.25) is 4.90 Å². The van der Waals surface area contributed by atoms with Gasteiger partial charge < -0.3 is 15.5 Å². The van der Waals surface area contributed by atoms with Gasteiger partial charge in [-0.05, 0) is 6.07 Å². The van der Waals surface area contributed by atoms with Gasteiger partial charge in [-0.2, -0.15) is 0 Å². The number of phenolic OH excluding ortho intramolecular Hbond substituents is 1. The largest absolute Gasteiger partial charge is 0.506 e. The lowest BCUT2D eigenvalue weighted by Gasteiger charge is -2.34. The third kappa shape index (κ3) is 3.28. The third-order valence-corrected chi connectivity index (χ3v) is 3.45. The number of para-hydroxylation sites is 1. The fourth-order valence-corrected chi connectivity index (χ4v) is 2.39. The second kappa shape index (κ2) is 7.16. The maximum atomic E-state index is 9.94. The van der Waals surface area contributed by atoms with Crippen LogP contribution in [0.1, 0.15) is 11.6 Å². The lowest BCUT2D eigenvalue weighted by molar-refractivity contribution is 0.109. The van der Waals surface area contributed by atoms with Crippen LogP contribution in [0.5, 0.6) is 5.75 Å². The summed E-state index contributed by atoms with van der Waals surface area (Å²) in [6, 6.07) is 5.06. The van der Waals surface area contributed by atoms with E-state index in [9.17, 15) is 10.2 Å². The normalized spacial score (nSPS) is 18.1. The Kier molecular flexibility index (Phi) is 6.18. The van der Waals surface area contributed by atoms with Crippen LogP contribution < -0.4 is 5.32 Å². The predicted molar refractivity (Wildman–Crippen MR) is 74.6 cm³/mol. The van der Waals surface area contributed by atoms with Crippen molar-refractivity contribution in [1.82, 2.24) is 10.2 Å². The van der Waals surface area contributed by atoms with Crippen molar-refractivity contribution >= 4 is 24.0 Å². The van der Waals surface area contributed by atoms with Gasteiger partial charge in [-0.15, -0.1) is 12.4 Å². The molecule has 0 saturated carbocycles. The summed E-state index contributed by atoms with van der Waals surface area (Å²) in [7, 11) is 0. The minimum Gasteiger partial charge on any atom is -0.506 e. The number of aliphatic hydroxyl groups excluding tert-OH is 1. The molecule has 0 radical (unpaired) electrons. The van der Waals surface area contributed by atoms with Gasteiger partial charge in [0.25, 0.3) is 0 Å². The highest BCUT2D eigenvalue weighted by atomic mass is 35.5. The molecule has 1 aromatic carbocycles. The highest BCUT2D eigenvalue weighted by molar-refractivity contribution is 6.32. The molecule has 0 aromatic heterocycles. The molecule has 0 bridgehead atoms. The second-order valence-corrected chi connectivity index (χ2v) is 4.57. The standard InChI is InChI=1S/C12H17ClN2O2.ClH/c13-10-3-1-2-9(12(10)17)11(8-16)15-6-4-14-5-7-15;/h1-3,11,14,16-17H,4-8H2;1H/t11-;/m1./s1. The van der Waals surface area contributed by atoms with E-state index < -0.39 is 0 Å². The van der Waals surface area contributed by atoms with E-state index in [0.29, 0.717) is 10.6 Å². The number of benzene rings is 1. The number of nitrogens with zero attached hydrogens (tertiary/aromatic N) is 1.